The molecule has 0 heterocycles. The fraction of sp³-hybridized carbons (Fsp3) is 0.769. The Bertz CT molecular complexity index is 285. The Labute approximate surface area is 114 Å². The molecule has 0 rings (SSSR count). The molecule has 0 aromatic rings. The summed E-state index contributed by atoms with van der Waals surface area (Å²) in [7, 11) is 0. The summed E-state index contributed by atoms with van der Waals surface area (Å²) < 4.78 is 10.1. The number of carbonyl (C=O) groups is 1. The van der Waals surface area contributed by atoms with Crippen LogP contribution in [0, 0.1) is 0 Å². The van der Waals surface area contributed by atoms with Crippen LogP contribution in [0.1, 0.15) is 47.5 Å². The molecule has 0 amide bonds. The lowest BCUT2D eigenvalue weighted by molar-refractivity contribution is -0.519. The first kappa shape index (κ1) is 17.9. The number of carbonyl (C=O) groups excluding carboxylic acids is 1. The first-order valence-corrected chi connectivity index (χ1v) is 6.22. The fourth-order valence-electron chi connectivity index (χ4n) is 1.29. The third-order valence-corrected chi connectivity index (χ3v) is 2.09. The molecule has 6 heteroatoms. The molecule has 0 atom stereocenters. The molecule has 0 fully saturated rings. The van der Waals surface area contributed by atoms with Crippen LogP contribution in [0.5, 0.6) is 0 Å². The minimum absolute atomic E-state index is 0.251. The van der Waals surface area contributed by atoms with Crippen LogP contribution in [0.3, 0.4) is 0 Å². The fourth-order valence-corrected chi connectivity index (χ4v) is 1.29. The molecule has 0 aromatic heterocycles. The van der Waals surface area contributed by atoms with Crippen molar-refractivity contribution in [2.24, 2.45) is 0 Å². The number of hydrogen-bond donors (Lipinski definition) is 0. The van der Waals surface area contributed by atoms with Crippen LogP contribution in [-0.2, 0) is 24.3 Å². The summed E-state index contributed by atoms with van der Waals surface area (Å²) in [6.45, 7) is 12.5. The number of hydrogen-bond acceptors (Lipinski definition) is 6. The van der Waals surface area contributed by atoms with Gasteiger partial charge in [-0.2, -0.15) is 4.89 Å². The van der Waals surface area contributed by atoms with Crippen molar-refractivity contribution in [1.82, 2.24) is 0 Å². The third kappa shape index (κ3) is 9.47. The van der Waals surface area contributed by atoms with Crippen molar-refractivity contribution in [2.45, 2.75) is 58.8 Å². The molecule has 0 unspecified atom stereocenters. The normalized spacial score (nSPS) is 12.1. The summed E-state index contributed by atoms with van der Waals surface area (Å²) in [5.41, 5.74) is -0.538. The lowest BCUT2D eigenvalue weighted by Gasteiger charge is -2.24. The summed E-state index contributed by atoms with van der Waals surface area (Å²) >= 11 is 0. The van der Waals surface area contributed by atoms with Crippen LogP contribution in [-0.4, -0.2) is 24.2 Å². The van der Waals surface area contributed by atoms with Crippen molar-refractivity contribution in [3.05, 3.63) is 12.7 Å². The van der Waals surface area contributed by atoms with E-state index in [0.29, 0.717) is 0 Å². The van der Waals surface area contributed by atoms with E-state index in [1.165, 1.54) is 0 Å². The average molecular weight is 276 g/mol. The Morgan fingerprint density at radius 1 is 1.26 bits per heavy atom. The van der Waals surface area contributed by atoms with Crippen LogP contribution < -0.4 is 0 Å². The van der Waals surface area contributed by atoms with Crippen molar-refractivity contribution >= 4 is 6.16 Å². The van der Waals surface area contributed by atoms with E-state index in [9.17, 15) is 4.79 Å². The van der Waals surface area contributed by atoms with E-state index in [0.717, 1.165) is 12.8 Å². The van der Waals surface area contributed by atoms with Gasteiger partial charge in [-0.15, -0.1) is 6.58 Å². The molecule has 0 bridgehead atoms. The van der Waals surface area contributed by atoms with E-state index in [4.69, 9.17) is 14.4 Å². The van der Waals surface area contributed by atoms with Gasteiger partial charge in [-0.1, -0.05) is 19.4 Å². The molecular formula is C13H24O6. The van der Waals surface area contributed by atoms with Gasteiger partial charge in [-0.25, -0.2) is 9.68 Å². The van der Waals surface area contributed by atoms with E-state index in [-0.39, 0.29) is 6.61 Å². The van der Waals surface area contributed by atoms with Gasteiger partial charge in [0.05, 0.1) is 6.61 Å². The van der Waals surface area contributed by atoms with Gasteiger partial charge in [0.1, 0.15) is 5.60 Å². The topological polar surface area (TPSA) is 63.2 Å². The standard InChI is InChI=1S/C13H24O6/c1-7-9-12(3,4)18-19-17-11(14)16-13(5,6)15-10-8-2/h8H,2,7,9-10H2,1,3-6H3. The summed E-state index contributed by atoms with van der Waals surface area (Å²) in [4.78, 5) is 20.6. The highest BCUT2D eigenvalue weighted by atomic mass is 17.5. The summed E-state index contributed by atoms with van der Waals surface area (Å²) in [6, 6.07) is 0. The van der Waals surface area contributed by atoms with E-state index >= 15 is 0 Å². The van der Waals surface area contributed by atoms with E-state index < -0.39 is 17.5 Å². The quantitative estimate of drug-likeness (QED) is 0.211. The van der Waals surface area contributed by atoms with Crippen LogP contribution in [0.15, 0.2) is 12.7 Å². The predicted molar refractivity (Wildman–Crippen MR) is 69.0 cm³/mol. The molecular weight excluding hydrogens is 252 g/mol. The van der Waals surface area contributed by atoms with Gasteiger partial charge in [-0.05, 0) is 25.3 Å². The van der Waals surface area contributed by atoms with Crippen LogP contribution >= 0.6 is 0 Å². The van der Waals surface area contributed by atoms with E-state index in [2.05, 4.69) is 16.5 Å². The largest absolute Gasteiger partial charge is 0.545 e. The highest BCUT2D eigenvalue weighted by molar-refractivity contribution is 5.59. The van der Waals surface area contributed by atoms with Gasteiger partial charge in [0.25, 0.3) is 0 Å². The van der Waals surface area contributed by atoms with E-state index in [1.54, 1.807) is 19.9 Å². The predicted octanol–water partition coefficient (Wildman–Crippen LogP) is 3.52. The second-order valence-electron chi connectivity index (χ2n) is 5.10. The molecule has 6 nitrogen and oxygen atoms in total. The summed E-state index contributed by atoms with van der Waals surface area (Å²) in [6.07, 6.45) is 2.19. The molecule has 0 spiro atoms. The minimum Gasteiger partial charge on any atom is -0.400 e. The van der Waals surface area contributed by atoms with E-state index in [1.807, 2.05) is 20.8 Å². The van der Waals surface area contributed by atoms with Crippen LogP contribution in [0.2, 0.25) is 0 Å². The molecule has 0 aromatic carbocycles. The van der Waals surface area contributed by atoms with Crippen molar-refractivity contribution in [1.29, 1.82) is 0 Å². The highest BCUT2D eigenvalue weighted by Crippen LogP contribution is 2.17. The van der Waals surface area contributed by atoms with Crippen LogP contribution in [0.25, 0.3) is 0 Å². The van der Waals surface area contributed by atoms with Crippen LogP contribution in [0.4, 0.5) is 4.79 Å². The van der Waals surface area contributed by atoms with Gasteiger partial charge in [0, 0.05) is 13.8 Å². The Morgan fingerprint density at radius 3 is 2.42 bits per heavy atom. The zero-order valence-corrected chi connectivity index (χ0v) is 12.4. The maximum absolute atomic E-state index is 11.3. The molecule has 0 aliphatic heterocycles. The Hall–Kier alpha value is -1.11. The minimum atomic E-state index is -1.13. The van der Waals surface area contributed by atoms with Crippen molar-refractivity contribution < 1.29 is 29.1 Å². The Morgan fingerprint density at radius 2 is 1.89 bits per heavy atom. The van der Waals surface area contributed by atoms with Crippen molar-refractivity contribution in [3.63, 3.8) is 0 Å². The van der Waals surface area contributed by atoms with Gasteiger partial charge >= 0.3 is 6.16 Å². The molecule has 0 saturated carbocycles. The van der Waals surface area contributed by atoms with Crippen molar-refractivity contribution in [2.75, 3.05) is 6.61 Å². The lowest BCUT2D eigenvalue weighted by atomic mass is 10.0. The number of rotatable bonds is 9. The van der Waals surface area contributed by atoms with Gasteiger partial charge < -0.3 is 9.47 Å². The number of ether oxygens (including phenoxy) is 2. The van der Waals surface area contributed by atoms with Gasteiger partial charge in [0.2, 0.25) is 5.79 Å². The zero-order valence-electron chi connectivity index (χ0n) is 12.4. The monoisotopic (exact) mass is 276 g/mol. The Balaban J connectivity index is 3.96. The second-order valence-corrected chi connectivity index (χ2v) is 5.10. The lowest BCUT2D eigenvalue weighted by Crippen LogP contribution is -2.32. The average Bonchev–Trinajstić information content (AvgIpc) is 2.25. The second kappa shape index (κ2) is 8.14. The third-order valence-electron chi connectivity index (χ3n) is 2.09. The van der Waals surface area contributed by atoms with Gasteiger partial charge in [-0.3, -0.25) is 0 Å². The molecule has 0 N–H and O–H groups in total. The summed E-state index contributed by atoms with van der Waals surface area (Å²) in [5.74, 6) is -1.13. The molecule has 0 aliphatic carbocycles. The molecule has 112 valence electrons. The maximum Gasteiger partial charge on any atom is 0.545 e. The maximum atomic E-state index is 11.3. The van der Waals surface area contributed by atoms with Crippen molar-refractivity contribution in [3.8, 4) is 0 Å². The highest BCUT2D eigenvalue weighted by Gasteiger charge is 2.26. The molecule has 19 heavy (non-hydrogen) atoms. The smallest absolute Gasteiger partial charge is 0.400 e. The molecule has 0 saturated heterocycles. The molecule has 0 radical (unpaired) electrons. The SMILES string of the molecule is C=CCOC(C)(C)OC(=O)OOOC(C)(C)CCC. The van der Waals surface area contributed by atoms with Gasteiger partial charge in [0.15, 0.2) is 0 Å². The Kier molecular flexibility index (Phi) is 7.66. The molecule has 0 aliphatic rings. The first-order chi connectivity index (χ1) is 8.72. The zero-order chi connectivity index (χ0) is 14.9. The summed E-state index contributed by atoms with van der Waals surface area (Å²) in [5, 5.41) is 4.41. The first-order valence-electron chi connectivity index (χ1n) is 6.22.